The van der Waals surface area contributed by atoms with E-state index in [-0.39, 0.29) is 13.2 Å². The molecule has 0 aliphatic heterocycles. The van der Waals surface area contributed by atoms with Gasteiger partial charge in [0.15, 0.2) is 0 Å². The summed E-state index contributed by atoms with van der Waals surface area (Å²) in [6, 6.07) is 4.70. The molecule has 0 spiro atoms. The molecule has 0 unspecified atom stereocenters. The first-order valence-electron chi connectivity index (χ1n) is 16.9. The lowest BCUT2D eigenvalue weighted by Crippen LogP contribution is -2.28. The highest BCUT2D eigenvalue weighted by Crippen LogP contribution is 2.46. The van der Waals surface area contributed by atoms with Gasteiger partial charge in [0.1, 0.15) is 58.5 Å². The number of aliphatic hydroxyl groups is 2. The Bertz CT molecular complexity index is 1960. The van der Waals surface area contributed by atoms with E-state index in [1.165, 1.54) is 38.3 Å². The van der Waals surface area contributed by atoms with Crippen molar-refractivity contribution >= 4 is 33.7 Å². The van der Waals surface area contributed by atoms with Crippen LogP contribution in [0, 0.1) is 11.8 Å². The summed E-state index contributed by atoms with van der Waals surface area (Å²) in [7, 11) is 0. The fraction of sp³-hybridized carbons (Fsp3) is 0.471. The van der Waals surface area contributed by atoms with Gasteiger partial charge in [-0.25, -0.2) is 19.9 Å². The van der Waals surface area contributed by atoms with E-state index >= 15 is 0 Å². The van der Waals surface area contributed by atoms with E-state index < -0.39 is 0 Å². The average molecular weight is 651 g/mol. The molecule has 6 aromatic rings. The van der Waals surface area contributed by atoms with Crippen molar-refractivity contribution in [3.05, 3.63) is 48.7 Å². The zero-order valence-corrected chi connectivity index (χ0v) is 26.4. The Kier molecular flexibility index (Phi) is 6.97. The molecular weight excluding hydrogens is 612 g/mol. The molecule has 0 saturated heterocycles. The molecule has 4 aliphatic carbocycles. The third kappa shape index (κ3) is 5.01. The molecular formula is C34H38N10O4. The Morgan fingerprint density at radius 1 is 0.646 bits per heavy atom. The molecule has 0 aromatic carbocycles. The van der Waals surface area contributed by atoms with Crippen LogP contribution in [0.4, 0.5) is 11.6 Å². The summed E-state index contributed by atoms with van der Waals surface area (Å²) in [5.74, 6) is 4.61. The molecule has 14 heteroatoms. The highest BCUT2D eigenvalue weighted by molar-refractivity contribution is 6.00. The van der Waals surface area contributed by atoms with Crippen LogP contribution in [0.3, 0.4) is 0 Å². The monoisotopic (exact) mass is 650 g/mol. The summed E-state index contributed by atoms with van der Waals surface area (Å²) in [6.07, 6.45) is 15.6. The smallest absolute Gasteiger partial charge is 0.146 e. The Hall–Kier alpha value is -4.82. The maximum atomic E-state index is 9.27. The van der Waals surface area contributed by atoms with E-state index in [1.807, 2.05) is 12.1 Å². The fourth-order valence-electron chi connectivity index (χ4n) is 7.27. The second kappa shape index (κ2) is 11.4. The highest BCUT2D eigenvalue weighted by Gasteiger charge is 2.35. The lowest BCUT2D eigenvalue weighted by atomic mass is 9.81. The summed E-state index contributed by atoms with van der Waals surface area (Å²) in [5.41, 5.74) is 17.4. The first kappa shape index (κ1) is 29.3. The number of fused-ring (bicyclic) bond motifs is 2. The molecule has 4 fully saturated rings. The SMILES string of the molecule is Nc1ncnc2c1c(-c1cc(C3CC3)on1)cn2C1CC(CO)C1.Nc1ncnc2c1c(-c1cc(C3CC3)on1)cn2C1CC(CO)C1. The van der Waals surface area contributed by atoms with Crippen molar-refractivity contribution in [2.75, 3.05) is 24.7 Å². The van der Waals surface area contributed by atoms with E-state index in [2.05, 4.69) is 51.8 Å². The summed E-state index contributed by atoms with van der Waals surface area (Å²) < 4.78 is 15.3. The van der Waals surface area contributed by atoms with Gasteiger partial charge in [-0.1, -0.05) is 10.3 Å². The van der Waals surface area contributed by atoms with Crippen LogP contribution in [0.15, 0.2) is 46.2 Å². The minimum Gasteiger partial charge on any atom is -0.396 e. The van der Waals surface area contributed by atoms with E-state index in [4.69, 9.17) is 20.5 Å². The van der Waals surface area contributed by atoms with Gasteiger partial charge in [0.2, 0.25) is 0 Å². The molecule has 6 aromatic heterocycles. The standard InChI is InChI=1S/2C17H19N5O2/c2*18-16-15-12(13-5-14(24-21-13)10-1-2-10)6-22(17(15)20-8-19-16)11-3-9(4-11)7-23/h2*5-6,8-11,23H,1-4,7H2,(H2,18,19,20). The molecule has 0 amide bonds. The molecule has 0 atom stereocenters. The van der Waals surface area contributed by atoms with Crippen LogP contribution in [0.1, 0.15) is 86.8 Å². The van der Waals surface area contributed by atoms with Gasteiger partial charge in [-0.05, 0) is 63.2 Å². The number of nitrogens with two attached hydrogens (primary N) is 2. The quantitative estimate of drug-likeness (QED) is 0.172. The predicted molar refractivity (Wildman–Crippen MR) is 177 cm³/mol. The molecule has 0 radical (unpaired) electrons. The third-order valence-corrected chi connectivity index (χ3v) is 10.6. The van der Waals surface area contributed by atoms with Crippen molar-refractivity contribution in [3.63, 3.8) is 0 Å². The number of rotatable bonds is 8. The Balaban J connectivity index is 0.000000131. The molecule has 4 saturated carbocycles. The lowest BCUT2D eigenvalue weighted by molar-refractivity contribution is 0.114. The normalized spacial score (nSPS) is 23.5. The summed E-state index contributed by atoms with van der Waals surface area (Å²) in [6.45, 7) is 0.488. The van der Waals surface area contributed by atoms with Crippen LogP contribution in [0.25, 0.3) is 44.6 Å². The molecule has 4 aliphatic rings. The van der Waals surface area contributed by atoms with Crippen molar-refractivity contribution in [1.29, 1.82) is 0 Å². The van der Waals surface area contributed by atoms with Crippen molar-refractivity contribution in [2.24, 2.45) is 11.8 Å². The van der Waals surface area contributed by atoms with Gasteiger partial charge in [-0.2, -0.15) is 0 Å². The number of nitrogen functional groups attached to an aromatic ring is 2. The molecule has 0 bridgehead atoms. The number of aromatic nitrogens is 8. The first-order chi connectivity index (χ1) is 23.5. The second-order valence-electron chi connectivity index (χ2n) is 13.9. The van der Waals surface area contributed by atoms with E-state index in [1.54, 1.807) is 0 Å². The van der Waals surface area contributed by atoms with Gasteiger partial charge in [-0.15, -0.1) is 0 Å². The number of aliphatic hydroxyl groups excluding tert-OH is 2. The lowest BCUT2D eigenvalue weighted by Gasteiger charge is -2.35. The minimum absolute atomic E-state index is 0.244. The largest absolute Gasteiger partial charge is 0.396 e. The zero-order valence-electron chi connectivity index (χ0n) is 26.4. The number of hydrogen-bond acceptors (Lipinski definition) is 12. The van der Waals surface area contributed by atoms with Crippen molar-refractivity contribution in [2.45, 2.75) is 75.3 Å². The maximum Gasteiger partial charge on any atom is 0.146 e. The summed E-state index contributed by atoms with van der Waals surface area (Å²) in [4.78, 5) is 17.2. The molecule has 6 heterocycles. The minimum atomic E-state index is 0.244. The molecule has 248 valence electrons. The second-order valence-corrected chi connectivity index (χ2v) is 13.9. The van der Waals surface area contributed by atoms with Crippen LogP contribution >= 0.6 is 0 Å². The Labute approximate surface area is 275 Å². The van der Waals surface area contributed by atoms with Gasteiger partial charge in [0.05, 0.1) is 10.8 Å². The van der Waals surface area contributed by atoms with Crippen molar-refractivity contribution in [1.82, 2.24) is 39.4 Å². The van der Waals surface area contributed by atoms with Crippen molar-refractivity contribution in [3.8, 4) is 22.5 Å². The zero-order chi connectivity index (χ0) is 32.5. The van der Waals surface area contributed by atoms with Gasteiger partial charge in [0, 0.05) is 72.8 Å². The summed E-state index contributed by atoms with van der Waals surface area (Å²) >= 11 is 0. The predicted octanol–water partition coefficient (Wildman–Crippen LogP) is 4.98. The number of anilines is 2. The van der Waals surface area contributed by atoms with Crippen LogP contribution in [-0.2, 0) is 0 Å². The van der Waals surface area contributed by atoms with Crippen LogP contribution < -0.4 is 11.5 Å². The van der Waals surface area contributed by atoms with Crippen LogP contribution in [0.2, 0.25) is 0 Å². The average Bonchev–Trinajstić information content (AvgIpc) is 3.88. The first-order valence-corrected chi connectivity index (χ1v) is 16.9. The molecule has 10 rings (SSSR count). The van der Waals surface area contributed by atoms with E-state index in [0.29, 0.717) is 47.4 Å². The molecule has 6 N–H and O–H groups in total. The summed E-state index contributed by atoms with van der Waals surface area (Å²) in [5, 5.41) is 28.7. The van der Waals surface area contributed by atoms with Crippen LogP contribution in [0.5, 0.6) is 0 Å². The fourth-order valence-corrected chi connectivity index (χ4v) is 7.27. The molecule has 48 heavy (non-hydrogen) atoms. The maximum absolute atomic E-state index is 9.27. The van der Waals surface area contributed by atoms with E-state index in [9.17, 15) is 10.2 Å². The number of hydrogen-bond donors (Lipinski definition) is 4. The van der Waals surface area contributed by atoms with Gasteiger partial charge in [-0.3, -0.25) is 0 Å². The Morgan fingerprint density at radius 3 is 1.44 bits per heavy atom. The third-order valence-electron chi connectivity index (χ3n) is 10.6. The Morgan fingerprint density at radius 2 is 1.06 bits per heavy atom. The topological polar surface area (TPSA) is 206 Å². The van der Waals surface area contributed by atoms with Crippen molar-refractivity contribution < 1.29 is 19.3 Å². The van der Waals surface area contributed by atoms with Gasteiger partial charge in [0.25, 0.3) is 0 Å². The van der Waals surface area contributed by atoms with Gasteiger partial charge < -0.3 is 39.9 Å². The molecule has 14 nitrogen and oxygen atoms in total. The highest BCUT2D eigenvalue weighted by atomic mass is 16.5. The van der Waals surface area contributed by atoms with Gasteiger partial charge >= 0.3 is 0 Å². The van der Waals surface area contributed by atoms with Crippen LogP contribution in [-0.4, -0.2) is 62.8 Å². The van der Waals surface area contributed by atoms with E-state index in [0.717, 1.165) is 81.8 Å². The number of nitrogens with zero attached hydrogens (tertiary/aromatic N) is 8.